The molecular formula is C11H19BrN4O. The lowest BCUT2D eigenvalue weighted by molar-refractivity contribution is 0.191. The number of methoxy groups -OCH3 is 1. The van der Waals surface area contributed by atoms with Crippen LogP contribution in [0, 0.1) is 0 Å². The van der Waals surface area contributed by atoms with E-state index in [2.05, 4.69) is 43.5 Å². The number of aromatic nitrogens is 2. The van der Waals surface area contributed by atoms with E-state index in [0.29, 0.717) is 6.04 Å². The molecule has 0 saturated carbocycles. The summed E-state index contributed by atoms with van der Waals surface area (Å²) in [6.45, 7) is 5.69. The molecule has 6 heteroatoms. The fraction of sp³-hybridized carbons (Fsp3) is 0.636. The molecule has 0 aliphatic heterocycles. The number of halogens is 1. The second-order valence-electron chi connectivity index (χ2n) is 3.74. The SMILES string of the molecule is CCNc1ncnc(NC(C)CCOC)c1Br. The van der Waals surface area contributed by atoms with Gasteiger partial charge in [-0.3, -0.25) is 0 Å². The molecule has 0 aliphatic carbocycles. The van der Waals surface area contributed by atoms with Gasteiger partial charge < -0.3 is 15.4 Å². The molecule has 0 saturated heterocycles. The molecule has 17 heavy (non-hydrogen) atoms. The summed E-state index contributed by atoms with van der Waals surface area (Å²) in [7, 11) is 1.70. The second kappa shape index (κ2) is 7.45. The van der Waals surface area contributed by atoms with Crippen molar-refractivity contribution in [2.75, 3.05) is 30.9 Å². The Balaban J connectivity index is 2.67. The van der Waals surface area contributed by atoms with E-state index in [1.54, 1.807) is 13.4 Å². The molecule has 1 rings (SSSR count). The number of hydrogen-bond donors (Lipinski definition) is 2. The molecule has 1 aromatic heterocycles. The van der Waals surface area contributed by atoms with Gasteiger partial charge in [0.1, 0.15) is 22.4 Å². The monoisotopic (exact) mass is 302 g/mol. The summed E-state index contributed by atoms with van der Waals surface area (Å²) < 4.78 is 5.91. The van der Waals surface area contributed by atoms with Gasteiger partial charge in [0, 0.05) is 26.3 Å². The Labute approximate surface area is 111 Å². The predicted molar refractivity (Wildman–Crippen MR) is 73.5 cm³/mol. The molecule has 2 N–H and O–H groups in total. The molecule has 96 valence electrons. The predicted octanol–water partition coefficient (Wildman–Crippen LogP) is 2.51. The number of nitrogens with zero attached hydrogens (tertiary/aromatic N) is 2. The van der Waals surface area contributed by atoms with Crippen LogP contribution in [0.5, 0.6) is 0 Å². The standard InChI is InChI=1S/C11H19BrN4O/c1-4-13-10-9(12)11(15-7-14-10)16-8(2)5-6-17-3/h7-8H,4-6H2,1-3H3,(H2,13,14,15,16). The van der Waals surface area contributed by atoms with E-state index in [9.17, 15) is 0 Å². The fourth-order valence-electron chi connectivity index (χ4n) is 1.36. The summed E-state index contributed by atoms with van der Waals surface area (Å²) >= 11 is 3.50. The highest BCUT2D eigenvalue weighted by Crippen LogP contribution is 2.26. The van der Waals surface area contributed by atoms with Gasteiger partial charge in [0.05, 0.1) is 0 Å². The first-order valence-electron chi connectivity index (χ1n) is 5.68. The van der Waals surface area contributed by atoms with Crippen molar-refractivity contribution in [2.24, 2.45) is 0 Å². The van der Waals surface area contributed by atoms with E-state index >= 15 is 0 Å². The van der Waals surface area contributed by atoms with Crippen LogP contribution in [0.4, 0.5) is 11.6 Å². The van der Waals surface area contributed by atoms with Gasteiger partial charge in [-0.25, -0.2) is 9.97 Å². The maximum atomic E-state index is 5.05. The maximum Gasteiger partial charge on any atom is 0.146 e. The van der Waals surface area contributed by atoms with Gasteiger partial charge in [0.15, 0.2) is 0 Å². The van der Waals surface area contributed by atoms with Gasteiger partial charge >= 0.3 is 0 Å². The van der Waals surface area contributed by atoms with Crippen LogP contribution in [0.3, 0.4) is 0 Å². The minimum Gasteiger partial charge on any atom is -0.385 e. The third-order valence-electron chi connectivity index (χ3n) is 2.27. The van der Waals surface area contributed by atoms with Crippen molar-refractivity contribution >= 4 is 27.6 Å². The first kappa shape index (κ1) is 14.2. The molecule has 0 fully saturated rings. The van der Waals surface area contributed by atoms with Crippen LogP contribution in [0.2, 0.25) is 0 Å². The molecular weight excluding hydrogens is 284 g/mol. The molecule has 0 aliphatic rings. The summed E-state index contributed by atoms with van der Waals surface area (Å²) in [5, 5.41) is 6.50. The van der Waals surface area contributed by atoms with Crippen molar-refractivity contribution in [1.29, 1.82) is 0 Å². The molecule has 1 heterocycles. The Morgan fingerprint density at radius 2 is 2.12 bits per heavy atom. The summed E-state index contributed by atoms with van der Waals surface area (Å²) in [6.07, 6.45) is 2.48. The highest BCUT2D eigenvalue weighted by molar-refractivity contribution is 9.10. The van der Waals surface area contributed by atoms with E-state index in [1.165, 1.54) is 0 Å². The third kappa shape index (κ3) is 4.47. The van der Waals surface area contributed by atoms with Crippen LogP contribution in [-0.2, 0) is 4.74 Å². The lowest BCUT2D eigenvalue weighted by atomic mass is 10.2. The minimum absolute atomic E-state index is 0.302. The van der Waals surface area contributed by atoms with Crippen LogP contribution < -0.4 is 10.6 Å². The quantitative estimate of drug-likeness (QED) is 0.810. The topological polar surface area (TPSA) is 59.1 Å². The number of anilines is 2. The van der Waals surface area contributed by atoms with E-state index in [1.807, 2.05) is 6.92 Å². The Bertz CT molecular complexity index is 348. The summed E-state index contributed by atoms with van der Waals surface area (Å²) in [5.74, 6) is 1.61. The minimum atomic E-state index is 0.302. The average molecular weight is 303 g/mol. The first-order chi connectivity index (χ1) is 8.19. The number of hydrogen-bond acceptors (Lipinski definition) is 5. The van der Waals surface area contributed by atoms with Crippen molar-refractivity contribution in [1.82, 2.24) is 9.97 Å². The zero-order valence-corrected chi connectivity index (χ0v) is 12.0. The number of nitrogens with one attached hydrogen (secondary N) is 2. The van der Waals surface area contributed by atoms with Crippen LogP contribution in [0.25, 0.3) is 0 Å². The fourth-order valence-corrected chi connectivity index (χ4v) is 1.82. The van der Waals surface area contributed by atoms with Gasteiger partial charge in [-0.1, -0.05) is 0 Å². The van der Waals surface area contributed by atoms with Gasteiger partial charge in [-0.15, -0.1) is 0 Å². The molecule has 5 nitrogen and oxygen atoms in total. The van der Waals surface area contributed by atoms with Gasteiger partial charge in [0.2, 0.25) is 0 Å². The molecule has 0 aromatic carbocycles. The Morgan fingerprint density at radius 1 is 1.41 bits per heavy atom. The Kier molecular flexibility index (Phi) is 6.21. The van der Waals surface area contributed by atoms with Crippen molar-refractivity contribution < 1.29 is 4.74 Å². The van der Waals surface area contributed by atoms with Gasteiger partial charge in [0.25, 0.3) is 0 Å². The number of ether oxygens (including phenoxy) is 1. The first-order valence-corrected chi connectivity index (χ1v) is 6.48. The summed E-state index contributed by atoms with van der Waals surface area (Å²) in [4.78, 5) is 8.38. The molecule has 1 atom stereocenters. The van der Waals surface area contributed by atoms with Crippen molar-refractivity contribution in [2.45, 2.75) is 26.3 Å². The zero-order chi connectivity index (χ0) is 12.7. The molecule has 0 amide bonds. The normalized spacial score (nSPS) is 12.2. The smallest absolute Gasteiger partial charge is 0.146 e. The van der Waals surface area contributed by atoms with Crippen LogP contribution in [-0.4, -0.2) is 36.3 Å². The van der Waals surface area contributed by atoms with Crippen LogP contribution in [0.15, 0.2) is 10.8 Å². The largest absolute Gasteiger partial charge is 0.385 e. The average Bonchev–Trinajstić information content (AvgIpc) is 2.32. The van der Waals surface area contributed by atoms with E-state index in [4.69, 9.17) is 4.74 Å². The lowest BCUT2D eigenvalue weighted by Gasteiger charge is -2.16. The van der Waals surface area contributed by atoms with Crippen LogP contribution >= 0.6 is 15.9 Å². The highest BCUT2D eigenvalue weighted by Gasteiger charge is 2.10. The molecule has 1 aromatic rings. The van der Waals surface area contributed by atoms with E-state index in [0.717, 1.165) is 35.7 Å². The number of rotatable bonds is 7. The molecule has 1 unspecified atom stereocenters. The van der Waals surface area contributed by atoms with Crippen molar-refractivity contribution in [3.8, 4) is 0 Å². The van der Waals surface area contributed by atoms with Crippen molar-refractivity contribution in [3.05, 3.63) is 10.8 Å². The highest BCUT2D eigenvalue weighted by atomic mass is 79.9. The van der Waals surface area contributed by atoms with E-state index in [-0.39, 0.29) is 0 Å². The van der Waals surface area contributed by atoms with Gasteiger partial charge in [-0.05, 0) is 36.2 Å². The second-order valence-corrected chi connectivity index (χ2v) is 4.54. The summed E-state index contributed by atoms with van der Waals surface area (Å²) in [6, 6.07) is 0.302. The molecule has 0 spiro atoms. The Morgan fingerprint density at radius 3 is 2.76 bits per heavy atom. The lowest BCUT2D eigenvalue weighted by Crippen LogP contribution is -2.18. The van der Waals surface area contributed by atoms with E-state index < -0.39 is 0 Å². The summed E-state index contributed by atoms with van der Waals surface area (Å²) in [5.41, 5.74) is 0. The maximum absolute atomic E-state index is 5.05. The van der Waals surface area contributed by atoms with Crippen molar-refractivity contribution in [3.63, 3.8) is 0 Å². The van der Waals surface area contributed by atoms with Gasteiger partial charge in [-0.2, -0.15) is 0 Å². The zero-order valence-electron chi connectivity index (χ0n) is 10.5. The molecule has 0 bridgehead atoms. The van der Waals surface area contributed by atoms with Crippen LogP contribution in [0.1, 0.15) is 20.3 Å². The Hall–Kier alpha value is -0.880. The molecule has 0 radical (unpaired) electrons. The third-order valence-corrected chi connectivity index (χ3v) is 3.02.